The summed E-state index contributed by atoms with van der Waals surface area (Å²) in [5, 5.41) is 9.55. The molecule has 3 nitrogen and oxygen atoms in total. The molecule has 1 amide bonds. The largest absolute Gasteiger partial charge is 0.393 e. The highest BCUT2D eigenvalue weighted by Crippen LogP contribution is 2.35. The number of aliphatic hydroxyl groups is 1. The van der Waals surface area contributed by atoms with Crippen molar-refractivity contribution < 1.29 is 9.90 Å². The van der Waals surface area contributed by atoms with Gasteiger partial charge in [-0.15, -0.1) is 0 Å². The Morgan fingerprint density at radius 3 is 2.43 bits per heavy atom. The third-order valence-electron chi connectivity index (χ3n) is 3.17. The maximum atomic E-state index is 11.6. The zero-order chi connectivity index (χ0) is 10.1. The van der Waals surface area contributed by atoms with Gasteiger partial charge in [-0.3, -0.25) is 4.79 Å². The number of rotatable bonds is 0. The first-order valence-corrected chi connectivity index (χ1v) is 5.15. The van der Waals surface area contributed by atoms with E-state index in [1.807, 2.05) is 4.90 Å². The Balaban J connectivity index is 2.13. The van der Waals surface area contributed by atoms with Gasteiger partial charge in [-0.05, 0) is 38.5 Å². The van der Waals surface area contributed by atoms with E-state index in [4.69, 9.17) is 0 Å². The van der Waals surface area contributed by atoms with Crippen LogP contribution in [0.15, 0.2) is 0 Å². The van der Waals surface area contributed by atoms with E-state index in [1.165, 1.54) is 0 Å². The van der Waals surface area contributed by atoms with E-state index in [-0.39, 0.29) is 24.1 Å². The van der Waals surface area contributed by atoms with Crippen molar-refractivity contribution in [2.45, 2.75) is 50.8 Å². The molecule has 2 bridgehead atoms. The van der Waals surface area contributed by atoms with Gasteiger partial charge in [0.1, 0.15) is 0 Å². The lowest BCUT2D eigenvalue weighted by Gasteiger charge is -2.35. The first-order chi connectivity index (χ1) is 6.72. The molecule has 2 unspecified atom stereocenters. The lowest BCUT2D eigenvalue weighted by molar-refractivity contribution is -0.131. The summed E-state index contributed by atoms with van der Waals surface area (Å²) >= 11 is 0. The van der Waals surface area contributed by atoms with Crippen molar-refractivity contribution in [3.05, 3.63) is 0 Å². The highest BCUT2D eigenvalue weighted by atomic mass is 16.3. The van der Waals surface area contributed by atoms with Crippen LogP contribution in [0.3, 0.4) is 0 Å². The number of amides is 1. The first-order valence-electron chi connectivity index (χ1n) is 5.15. The Hall–Kier alpha value is -1.01. The Bertz CT molecular complexity index is 288. The summed E-state index contributed by atoms with van der Waals surface area (Å²) in [5.41, 5.74) is 0. The van der Waals surface area contributed by atoms with Crippen LogP contribution in [0.4, 0.5) is 0 Å². The Morgan fingerprint density at radius 2 is 1.93 bits per heavy atom. The predicted molar refractivity (Wildman–Crippen MR) is 52.3 cm³/mol. The van der Waals surface area contributed by atoms with Crippen molar-refractivity contribution >= 4 is 5.91 Å². The van der Waals surface area contributed by atoms with Crippen LogP contribution >= 0.6 is 0 Å². The van der Waals surface area contributed by atoms with Crippen molar-refractivity contribution in [1.29, 1.82) is 0 Å². The van der Waals surface area contributed by atoms with E-state index >= 15 is 0 Å². The minimum absolute atomic E-state index is 0.0631. The van der Waals surface area contributed by atoms with Gasteiger partial charge in [-0.25, -0.2) is 0 Å². The lowest BCUT2D eigenvalue weighted by atomic mass is 10.00. The molecule has 2 saturated heterocycles. The standard InChI is InChI=1S/C11H15NO2/c1-2-3-11(14)12-8-4-5-9(12)7-10(13)6-8/h8-10,13H,4-7H2,1H3. The average molecular weight is 193 g/mol. The van der Waals surface area contributed by atoms with Crippen molar-refractivity contribution in [3.8, 4) is 11.8 Å². The molecule has 0 radical (unpaired) electrons. The number of nitrogens with zero attached hydrogens (tertiary/aromatic N) is 1. The number of carbonyl (C=O) groups is 1. The summed E-state index contributed by atoms with van der Waals surface area (Å²) in [6, 6.07) is 0.467. The van der Waals surface area contributed by atoms with E-state index in [2.05, 4.69) is 11.8 Å². The highest BCUT2D eigenvalue weighted by Gasteiger charge is 2.42. The Morgan fingerprint density at radius 1 is 1.36 bits per heavy atom. The summed E-state index contributed by atoms with van der Waals surface area (Å²) in [4.78, 5) is 13.5. The summed E-state index contributed by atoms with van der Waals surface area (Å²) < 4.78 is 0. The fourth-order valence-corrected chi connectivity index (χ4v) is 2.65. The van der Waals surface area contributed by atoms with Crippen LogP contribution in [-0.2, 0) is 4.79 Å². The van der Waals surface area contributed by atoms with Crippen LogP contribution < -0.4 is 0 Å². The van der Waals surface area contributed by atoms with Gasteiger partial charge in [0.15, 0.2) is 0 Å². The van der Waals surface area contributed by atoms with Gasteiger partial charge in [0.05, 0.1) is 6.10 Å². The molecule has 0 aromatic rings. The fraction of sp³-hybridized carbons (Fsp3) is 0.727. The predicted octanol–water partition coefficient (Wildman–Crippen LogP) is 0.524. The summed E-state index contributed by atoms with van der Waals surface area (Å²) in [7, 11) is 0. The van der Waals surface area contributed by atoms with Crippen molar-refractivity contribution in [1.82, 2.24) is 4.90 Å². The molecule has 2 fully saturated rings. The van der Waals surface area contributed by atoms with Crippen LogP contribution in [0, 0.1) is 11.8 Å². The van der Waals surface area contributed by atoms with Gasteiger partial charge in [-0.1, -0.05) is 5.92 Å². The maximum Gasteiger partial charge on any atom is 0.298 e. The maximum absolute atomic E-state index is 11.6. The molecule has 0 saturated carbocycles. The van der Waals surface area contributed by atoms with Gasteiger partial charge in [0.25, 0.3) is 5.91 Å². The number of piperidine rings is 1. The van der Waals surface area contributed by atoms with Gasteiger partial charge in [-0.2, -0.15) is 0 Å². The van der Waals surface area contributed by atoms with E-state index in [9.17, 15) is 9.90 Å². The van der Waals surface area contributed by atoms with Crippen LogP contribution in [-0.4, -0.2) is 34.1 Å². The smallest absolute Gasteiger partial charge is 0.298 e. The lowest BCUT2D eigenvalue weighted by Crippen LogP contribution is -2.47. The van der Waals surface area contributed by atoms with Gasteiger partial charge in [0.2, 0.25) is 0 Å². The normalized spacial score (nSPS) is 35.0. The molecule has 2 aliphatic heterocycles. The van der Waals surface area contributed by atoms with E-state index < -0.39 is 0 Å². The molecular formula is C11H15NO2. The number of hydrogen-bond donors (Lipinski definition) is 1. The highest BCUT2D eigenvalue weighted by molar-refractivity contribution is 5.94. The zero-order valence-corrected chi connectivity index (χ0v) is 8.36. The Kier molecular flexibility index (Phi) is 2.47. The molecule has 1 N–H and O–H groups in total. The van der Waals surface area contributed by atoms with E-state index in [0.717, 1.165) is 25.7 Å². The molecule has 2 atom stereocenters. The molecular weight excluding hydrogens is 178 g/mol. The SMILES string of the molecule is CC#CC(=O)N1C2CCC1CC(O)C2. The van der Waals surface area contributed by atoms with Crippen LogP contribution in [0.1, 0.15) is 32.6 Å². The number of aliphatic hydroxyl groups excluding tert-OH is 1. The van der Waals surface area contributed by atoms with Crippen molar-refractivity contribution in [2.24, 2.45) is 0 Å². The molecule has 2 aliphatic rings. The zero-order valence-electron chi connectivity index (χ0n) is 8.36. The number of carbonyl (C=O) groups excluding carboxylic acids is 1. The molecule has 0 aromatic heterocycles. The molecule has 3 heteroatoms. The van der Waals surface area contributed by atoms with E-state index in [0.29, 0.717) is 0 Å². The molecule has 2 rings (SSSR count). The molecule has 14 heavy (non-hydrogen) atoms. The second-order valence-electron chi connectivity index (χ2n) is 4.10. The fourth-order valence-electron chi connectivity index (χ4n) is 2.65. The molecule has 0 spiro atoms. The quantitative estimate of drug-likeness (QED) is 0.570. The van der Waals surface area contributed by atoms with Crippen molar-refractivity contribution in [2.75, 3.05) is 0 Å². The van der Waals surface area contributed by atoms with Gasteiger partial charge in [0, 0.05) is 12.1 Å². The third kappa shape index (κ3) is 1.51. The molecule has 0 aliphatic carbocycles. The first kappa shape index (κ1) is 9.54. The summed E-state index contributed by atoms with van der Waals surface area (Å²) in [6.45, 7) is 1.68. The van der Waals surface area contributed by atoms with Gasteiger partial charge < -0.3 is 10.0 Å². The topological polar surface area (TPSA) is 40.5 Å². The van der Waals surface area contributed by atoms with E-state index in [1.54, 1.807) is 6.92 Å². The van der Waals surface area contributed by atoms with Gasteiger partial charge >= 0.3 is 0 Å². The minimum atomic E-state index is -0.217. The minimum Gasteiger partial charge on any atom is -0.393 e. The molecule has 0 aromatic carbocycles. The number of hydrogen-bond acceptors (Lipinski definition) is 2. The second-order valence-corrected chi connectivity index (χ2v) is 4.10. The van der Waals surface area contributed by atoms with Crippen molar-refractivity contribution in [3.63, 3.8) is 0 Å². The summed E-state index contributed by atoms with van der Waals surface area (Å²) in [6.07, 6.45) is 3.30. The van der Waals surface area contributed by atoms with Crippen LogP contribution in [0.5, 0.6) is 0 Å². The average Bonchev–Trinajstić information content (AvgIpc) is 2.39. The second kappa shape index (κ2) is 3.62. The Labute approximate surface area is 84.1 Å². The van der Waals surface area contributed by atoms with Crippen LogP contribution in [0.25, 0.3) is 0 Å². The summed E-state index contributed by atoms with van der Waals surface area (Å²) in [5.74, 6) is 5.16. The number of fused-ring (bicyclic) bond motifs is 2. The molecule has 2 heterocycles. The monoisotopic (exact) mass is 193 g/mol. The third-order valence-corrected chi connectivity index (χ3v) is 3.17. The van der Waals surface area contributed by atoms with Crippen LogP contribution in [0.2, 0.25) is 0 Å². The molecule has 76 valence electrons.